The Morgan fingerprint density at radius 1 is 1.29 bits per heavy atom. The Kier molecular flexibility index (Phi) is 4.01. The van der Waals surface area contributed by atoms with Crippen molar-refractivity contribution in [3.63, 3.8) is 0 Å². The first-order valence-electron chi connectivity index (χ1n) is 7.28. The van der Waals surface area contributed by atoms with E-state index < -0.39 is 0 Å². The number of aliphatic hydroxyl groups excluding tert-OH is 1. The van der Waals surface area contributed by atoms with E-state index in [0.717, 1.165) is 25.3 Å². The summed E-state index contributed by atoms with van der Waals surface area (Å²) in [5, 5.41) is 12.2. The van der Waals surface area contributed by atoms with Gasteiger partial charge in [-0.15, -0.1) is 0 Å². The average molecular weight is 284 g/mol. The zero-order chi connectivity index (χ0) is 14.7. The van der Waals surface area contributed by atoms with E-state index in [1.54, 1.807) is 6.20 Å². The van der Waals surface area contributed by atoms with Gasteiger partial charge in [0, 0.05) is 25.3 Å². The molecule has 2 N–H and O–H groups in total. The maximum atomic E-state index is 9.09. The summed E-state index contributed by atoms with van der Waals surface area (Å²) in [6, 6.07) is 10.4. The van der Waals surface area contributed by atoms with E-state index >= 15 is 0 Å². The quantitative estimate of drug-likeness (QED) is 0.897. The highest BCUT2D eigenvalue weighted by molar-refractivity contribution is 5.46. The molecule has 0 fully saturated rings. The molecule has 1 atom stereocenters. The van der Waals surface area contributed by atoms with Crippen molar-refractivity contribution in [3.8, 4) is 0 Å². The van der Waals surface area contributed by atoms with E-state index in [9.17, 15) is 0 Å². The van der Waals surface area contributed by atoms with Gasteiger partial charge in [-0.3, -0.25) is 0 Å². The van der Waals surface area contributed by atoms with Crippen LogP contribution in [-0.2, 0) is 13.0 Å². The predicted molar refractivity (Wildman–Crippen MR) is 83.4 cm³/mol. The molecule has 0 saturated carbocycles. The molecule has 0 bridgehead atoms. The molecule has 1 aliphatic rings. The fourth-order valence-corrected chi connectivity index (χ4v) is 2.55. The van der Waals surface area contributed by atoms with Gasteiger partial charge in [0.2, 0.25) is 5.95 Å². The number of aliphatic hydroxyl groups is 1. The average Bonchev–Trinajstić information content (AvgIpc) is 2.54. The summed E-state index contributed by atoms with van der Waals surface area (Å²) >= 11 is 0. The third kappa shape index (κ3) is 3.13. The maximum absolute atomic E-state index is 9.09. The molecule has 0 spiro atoms. The molecule has 0 saturated heterocycles. The Morgan fingerprint density at radius 3 is 2.90 bits per heavy atom. The maximum Gasteiger partial charge on any atom is 0.224 e. The molecular weight excluding hydrogens is 264 g/mol. The molecule has 1 aromatic heterocycles. The van der Waals surface area contributed by atoms with Crippen LogP contribution in [0.3, 0.4) is 0 Å². The lowest BCUT2D eigenvalue weighted by Crippen LogP contribution is -2.31. The molecule has 21 heavy (non-hydrogen) atoms. The van der Waals surface area contributed by atoms with Crippen molar-refractivity contribution >= 4 is 11.8 Å². The molecule has 2 heterocycles. The molecule has 0 amide bonds. The van der Waals surface area contributed by atoms with E-state index in [-0.39, 0.29) is 12.6 Å². The second kappa shape index (κ2) is 6.10. The van der Waals surface area contributed by atoms with Crippen LogP contribution in [0.1, 0.15) is 18.1 Å². The van der Waals surface area contributed by atoms with Gasteiger partial charge in [-0.2, -0.15) is 4.98 Å². The van der Waals surface area contributed by atoms with Crippen LogP contribution in [0.4, 0.5) is 11.8 Å². The normalized spacial score (nSPS) is 15.4. The van der Waals surface area contributed by atoms with Gasteiger partial charge in [0.05, 0.1) is 6.61 Å². The van der Waals surface area contributed by atoms with Crippen molar-refractivity contribution in [2.75, 3.05) is 23.4 Å². The number of nitrogens with zero attached hydrogens (tertiary/aromatic N) is 3. The zero-order valence-corrected chi connectivity index (χ0v) is 12.2. The molecule has 3 rings (SSSR count). The topological polar surface area (TPSA) is 61.3 Å². The standard InChI is InChI=1S/C16H20N4O/c1-12(11-21)18-16-17-8-6-15(19-16)20-9-7-13-4-2-3-5-14(13)10-20/h2-6,8,12,21H,7,9-11H2,1H3,(H,17,18,19)/t12-/m1/s1. The summed E-state index contributed by atoms with van der Waals surface area (Å²) in [4.78, 5) is 11.0. The van der Waals surface area contributed by atoms with Gasteiger partial charge in [-0.1, -0.05) is 24.3 Å². The number of nitrogens with one attached hydrogen (secondary N) is 1. The van der Waals surface area contributed by atoms with E-state index in [0.29, 0.717) is 5.95 Å². The van der Waals surface area contributed by atoms with Crippen LogP contribution in [0.15, 0.2) is 36.5 Å². The monoisotopic (exact) mass is 284 g/mol. The molecular formula is C16H20N4O. The highest BCUT2D eigenvalue weighted by atomic mass is 16.3. The van der Waals surface area contributed by atoms with E-state index in [2.05, 4.69) is 44.5 Å². The van der Waals surface area contributed by atoms with Gasteiger partial charge >= 0.3 is 0 Å². The number of fused-ring (bicyclic) bond motifs is 1. The van der Waals surface area contributed by atoms with Crippen LogP contribution in [0.5, 0.6) is 0 Å². The number of benzene rings is 1. The number of hydrogen-bond donors (Lipinski definition) is 2. The van der Waals surface area contributed by atoms with Crippen LogP contribution in [0.25, 0.3) is 0 Å². The first-order valence-corrected chi connectivity index (χ1v) is 7.28. The van der Waals surface area contributed by atoms with Crippen LogP contribution < -0.4 is 10.2 Å². The molecule has 2 aromatic rings. The third-order valence-corrected chi connectivity index (χ3v) is 3.74. The van der Waals surface area contributed by atoms with Crippen LogP contribution in [0, 0.1) is 0 Å². The number of rotatable bonds is 4. The summed E-state index contributed by atoms with van der Waals surface area (Å²) in [5.41, 5.74) is 2.79. The van der Waals surface area contributed by atoms with Gasteiger partial charge < -0.3 is 15.3 Å². The lowest BCUT2D eigenvalue weighted by atomic mass is 10.00. The lowest BCUT2D eigenvalue weighted by Gasteiger charge is -2.29. The molecule has 1 aliphatic heterocycles. The Hall–Kier alpha value is -2.14. The Balaban J connectivity index is 1.77. The number of aromatic nitrogens is 2. The van der Waals surface area contributed by atoms with E-state index in [1.165, 1.54) is 11.1 Å². The van der Waals surface area contributed by atoms with Crippen molar-refractivity contribution < 1.29 is 5.11 Å². The van der Waals surface area contributed by atoms with Crippen LogP contribution in [-0.4, -0.2) is 34.3 Å². The smallest absolute Gasteiger partial charge is 0.224 e. The number of anilines is 2. The van der Waals surface area contributed by atoms with Crippen LogP contribution in [0.2, 0.25) is 0 Å². The van der Waals surface area contributed by atoms with Gasteiger partial charge in [0.1, 0.15) is 5.82 Å². The first kappa shape index (κ1) is 13.8. The predicted octanol–water partition coefficient (Wildman–Crippen LogP) is 1.83. The largest absolute Gasteiger partial charge is 0.394 e. The first-order chi connectivity index (χ1) is 10.3. The van der Waals surface area contributed by atoms with E-state index in [1.807, 2.05) is 13.0 Å². The third-order valence-electron chi connectivity index (χ3n) is 3.74. The van der Waals surface area contributed by atoms with Crippen molar-refractivity contribution in [1.82, 2.24) is 9.97 Å². The van der Waals surface area contributed by atoms with Gasteiger partial charge in [0.15, 0.2) is 0 Å². The molecule has 5 nitrogen and oxygen atoms in total. The Morgan fingerprint density at radius 2 is 2.10 bits per heavy atom. The summed E-state index contributed by atoms with van der Waals surface area (Å²) in [7, 11) is 0. The van der Waals surface area contributed by atoms with Crippen molar-refractivity contribution in [3.05, 3.63) is 47.7 Å². The highest BCUT2D eigenvalue weighted by Crippen LogP contribution is 2.23. The Labute approximate surface area is 124 Å². The summed E-state index contributed by atoms with van der Waals surface area (Å²) in [5.74, 6) is 1.49. The number of hydrogen-bond acceptors (Lipinski definition) is 5. The van der Waals surface area contributed by atoms with Crippen molar-refractivity contribution in [2.45, 2.75) is 25.9 Å². The highest BCUT2D eigenvalue weighted by Gasteiger charge is 2.17. The molecule has 110 valence electrons. The van der Waals surface area contributed by atoms with Gasteiger partial charge in [0.25, 0.3) is 0 Å². The fourth-order valence-electron chi connectivity index (χ4n) is 2.55. The zero-order valence-electron chi connectivity index (χ0n) is 12.2. The Bertz CT molecular complexity index is 617. The minimum absolute atomic E-state index is 0.0534. The fraction of sp³-hybridized carbons (Fsp3) is 0.375. The molecule has 5 heteroatoms. The summed E-state index contributed by atoms with van der Waals surface area (Å²) in [6.45, 7) is 3.79. The summed E-state index contributed by atoms with van der Waals surface area (Å²) < 4.78 is 0. The minimum Gasteiger partial charge on any atom is -0.394 e. The second-order valence-electron chi connectivity index (χ2n) is 5.41. The second-order valence-corrected chi connectivity index (χ2v) is 5.41. The van der Waals surface area contributed by atoms with Crippen molar-refractivity contribution in [1.29, 1.82) is 0 Å². The van der Waals surface area contributed by atoms with Gasteiger partial charge in [-0.25, -0.2) is 4.98 Å². The molecule has 1 aromatic carbocycles. The van der Waals surface area contributed by atoms with Crippen molar-refractivity contribution in [2.24, 2.45) is 0 Å². The molecule has 0 unspecified atom stereocenters. The van der Waals surface area contributed by atoms with Crippen LogP contribution >= 0.6 is 0 Å². The summed E-state index contributed by atoms with van der Waals surface area (Å²) in [6.07, 6.45) is 2.80. The molecule has 0 aliphatic carbocycles. The van der Waals surface area contributed by atoms with E-state index in [4.69, 9.17) is 5.11 Å². The molecule has 0 radical (unpaired) electrons. The lowest BCUT2D eigenvalue weighted by molar-refractivity contribution is 0.281. The minimum atomic E-state index is -0.0534. The SMILES string of the molecule is C[C@H](CO)Nc1nccc(N2CCc3ccccc3C2)n1. The van der Waals surface area contributed by atoms with Gasteiger partial charge in [-0.05, 0) is 30.5 Å².